The lowest BCUT2D eigenvalue weighted by molar-refractivity contribution is -0.122. The van der Waals surface area contributed by atoms with Crippen molar-refractivity contribution >= 4 is 11.8 Å². The van der Waals surface area contributed by atoms with E-state index in [4.69, 9.17) is 0 Å². The molecule has 0 aromatic carbocycles. The van der Waals surface area contributed by atoms with Gasteiger partial charge in [-0.15, -0.1) is 0 Å². The molecule has 1 heterocycles. The molecule has 2 amide bonds. The van der Waals surface area contributed by atoms with Crippen LogP contribution in [0.4, 0.5) is 0 Å². The third kappa shape index (κ3) is 17.1. The smallest absolute Gasteiger partial charge is 0.219 e. The molecule has 0 radical (unpaired) electrons. The van der Waals surface area contributed by atoms with Crippen molar-refractivity contribution in [2.75, 3.05) is 13.1 Å². The van der Waals surface area contributed by atoms with E-state index >= 15 is 0 Å². The first-order valence-corrected chi connectivity index (χ1v) is 12.3. The topological polar surface area (TPSA) is 58.2 Å². The maximum Gasteiger partial charge on any atom is 0.219 e. The van der Waals surface area contributed by atoms with Crippen molar-refractivity contribution in [1.29, 1.82) is 0 Å². The molecule has 1 saturated heterocycles. The highest BCUT2D eigenvalue weighted by molar-refractivity contribution is 5.76. The van der Waals surface area contributed by atoms with Gasteiger partial charge >= 0.3 is 0 Å². The van der Waals surface area contributed by atoms with E-state index in [0.717, 1.165) is 38.8 Å². The predicted molar refractivity (Wildman–Crippen MR) is 118 cm³/mol. The van der Waals surface area contributed by atoms with Crippen LogP contribution in [0.5, 0.6) is 0 Å². The van der Waals surface area contributed by atoms with E-state index in [2.05, 4.69) is 10.6 Å². The Bertz CT molecular complexity index is 317. The van der Waals surface area contributed by atoms with E-state index in [9.17, 15) is 9.59 Å². The second-order valence-electron chi connectivity index (χ2n) is 8.56. The van der Waals surface area contributed by atoms with Gasteiger partial charge in [-0.05, 0) is 25.7 Å². The Kier molecular flexibility index (Phi) is 17.2. The Morgan fingerprint density at radius 2 is 0.607 bits per heavy atom. The first-order chi connectivity index (χ1) is 13.8. The van der Waals surface area contributed by atoms with Gasteiger partial charge in [0.15, 0.2) is 0 Å². The van der Waals surface area contributed by atoms with E-state index in [1.807, 2.05) is 0 Å². The Morgan fingerprint density at radius 3 is 0.929 bits per heavy atom. The quantitative estimate of drug-likeness (QED) is 0.526. The molecule has 1 aliphatic rings. The number of carbonyl (C=O) groups excluding carboxylic acids is 2. The van der Waals surface area contributed by atoms with Crippen molar-refractivity contribution in [1.82, 2.24) is 10.6 Å². The summed E-state index contributed by atoms with van der Waals surface area (Å²) in [7, 11) is 0. The van der Waals surface area contributed by atoms with E-state index < -0.39 is 0 Å². The van der Waals surface area contributed by atoms with Gasteiger partial charge < -0.3 is 10.6 Å². The van der Waals surface area contributed by atoms with Gasteiger partial charge in [-0.3, -0.25) is 9.59 Å². The van der Waals surface area contributed by atoms with E-state index in [0.29, 0.717) is 12.8 Å². The van der Waals surface area contributed by atoms with Crippen LogP contribution in [0.25, 0.3) is 0 Å². The Morgan fingerprint density at radius 1 is 0.357 bits per heavy atom. The molecule has 0 aromatic heterocycles. The molecule has 0 aliphatic carbocycles. The Hall–Kier alpha value is -1.06. The van der Waals surface area contributed by atoms with Crippen LogP contribution in [0, 0.1) is 0 Å². The van der Waals surface area contributed by atoms with Gasteiger partial charge in [0.1, 0.15) is 0 Å². The molecule has 1 aliphatic heterocycles. The zero-order valence-corrected chi connectivity index (χ0v) is 18.4. The van der Waals surface area contributed by atoms with Crippen molar-refractivity contribution < 1.29 is 9.59 Å². The molecule has 0 unspecified atom stereocenters. The van der Waals surface area contributed by atoms with Crippen LogP contribution >= 0.6 is 0 Å². The van der Waals surface area contributed by atoms with Gasteiger partial charge in [-0.2, -0.15) is 0 Å². The average Bonchev–Trinajstić information content (AvgIpc) is 2.69. The summed E-state index contributed by atoms with van der Waals surface area (Å²) < 4.78 is 0. The number of hydrogen-bond acceptors (Lipinski definition) is 2. The largest absolute Gasteiger partial charge is 0.356 e. The molecule has 0 aromatic rings. The van der Waals surface area contributed by atoms with Crippen molar-refractivity contribution in [3.05, 3.63) is 0 Å². The average molecular weight is 395 g/mol. The highest BCUT2D eigenvalue weighted by Gasteiger charge is 2.02. The third-order valence-corrected chi connectivity index (χ3v) is 5.81. The molecule has 4 nitrogen and oxygen atoms in total. The minimum absolute atomic E-state index is 0.244. The highest BCUT2D eigenvalue weighted by Crippen LogP contribution is 2.12. The third-order valence-electron chi connectivity index (χ3n) is 5.81. The van der Waals surface area contributed by atoms with Crippen LogP contribution in [0.15, 0.2) is 0 Å². The number of rotatable bonds is 0. The lowest BCUT2D eigenvalue weighted by Gasteiger charge is -2.07. The molecule has 4 heteroatoms. The number of amides is 2. The van der Waals surface area contributed by atoms with Crippen molar-refractivity contribution in [3.63, 3.8) is 0 Å². The van der Waals surface area contributed by atoms with E-state index in [1.54, 1.807) is 0 Å². The van der Waals surface area contributed by atoms with Gasteiger partial charge in [0.25, 0.3) is 0 Å². The van der Waals surface area contributed by atoms with Gasteiger partial charge in [0.05, 0.1) is 0 Å². The zero-order valence-electron chi connectivity index (χ0n) is 18.4. The van der Waals surface area contributed by atoms with Crippen LogP contribution in [-0.2, 0) is 9.59 Å². The maximum absolute atomic E-state index is 11.8. The SMILES string of the molecule is O=C1CCCCCCCCCCCNC(=O)CCCCCCCCCCCN1. The standard InChI is InChI=1S/C24H46N2O2/c27-23-19-15-11-7-3-1-5-9-13-17-21-25-24(28)20-16-12-8-4-2-6-10-14-18-22-26-23/h1-22H2,(H,25,28)(H,26,27). The Balaban J connectivity index is 2.14. The normalized spacial score (nSPS) is 22.7. The minimum atomic E-state index is 0.244. The van der Waals surface area contributed by atoms with Gasteiger partial charge in [0.2, 0.25) is 11.8 Å². The second-order valence-corrected chi connectivity index (χ2v) is 8.56. The fourth-order valence-electron chi connectivity index (χ4n) is 3.93. The van der Waals surface area contributed by atoms with Gasteiger partial charge in [-0.1, -0.05) is 89.9 Å². The van der Waals surface area contributed by atoms with Gasteiger partial charge in [-0.25, -0.2) is 0 Å². The minimum Gasteiger partial charge on any atom is -0.356 e. The second kappa shape index (κ2) is 19.3. The van der Waals surface area contributed by atoms with Crippen LogP contribution in [0.2, 0.25) is 0 Å². The Labute approximate surface area is 174 Å². The molecule has 2 N–H and O–H groups in total. The van der Waals surface area contributed by atoms with Crippen molar-refractivity contribution in [2.24, 2.45) is 0 Å². The molecule has 164 valence electrons. The van der Waals surface area contributed by atoms with Gasteiger partial charge in [0, 0.05) is 25.9 Å². The molecule has 0 spiro atoms. The van der Waals surface area contributed by atoms with Crippen LogP contribution in [-0.4, -0.2) is 24.9 Å². The molecular weight excluding hydrogens is 348 g/mol. The molecule has 0 atom stereocenters. The summed E-state index contributed by atoms with van der Waals surface area (Å²) >= 11 is 0. The van der Waals surface area contributed by atoms with Crippen LogP contribution < -0.4 is 10.6 Å². The molecule has 1 rings (SSSR count). The fourth-order valence-corrected chi connectivity index (χ4v) is 3.93. The summed E-state index contributed by atoms with van der Waals surface area (Å²) in [4.78, 5) is 23.7. The molecule has 0 bridgehead atoms. The monoisotopic (exact) mass is 394 g/mol. The number of nitrogens with one attached hydrogen (secondary N) is 2. The molecule has 0 saturated carbocycles. The van der Waals surface area contributed by atoms with E-state index in [-0.39, 0.29) is 11.8 Å². The summed E-state index contributed by atoms with van der Waals surface area (Å²) in [5.74, 6) is 0.488. The highest BCUT2D eigenvalue weighted by atomic mass is 16.2. The first kappa shape index (κ1) is 25.0. The predicted octanol–water partition coefficient (Wildman–Crippen LogP) is 6.03. The zero-order chi connectivity index (χ0) is 20.1. The molecule has 28 heavy (non-hydrogen) atoms. The number of hydrogen-bond donors (Lipinski definition) is 2. The summed E-state index contributed by atoms with van der Waals surface area (Å²) in [6, 6.07) is 0. The summed E-state index contributed by atoms with van der Waals surface area (Å²) in [6.45, 7) is 1.70. The van der Waals surface area contributed by atoms with Crippen molar-refractivity contribution in [3.8, 4) is 0 Å². The number of carbonyl (C=O) groups is 2. The summed E-state index contributed by atoms with van der Waals surface area (Å²) in [5.41, 5.74) is 0. The molecular formula is C24H46N2O2. The lowest BCUT2D eigenvalue weighted by Crippen LogP contribution is -2.24. The molecule has 1 fully saturated rings. The summed E-state index contributed by atoms with van der Waals surface area (Å²) in [5, 5.41) is 6.15. The van der Waals surface area contributed by atoms with Crippen LogP contribution in [0.1, 0.15) is 128 Å². The lowest BCUT2D eigenvalue weighted by atomic mass is 10.1. The first-order valence-electron chi connectivity index (χ1n) is 12.3. The summed E-state index contributed by atoms with van der Waals surface area (Å²) in [6.07, 6.45) is 23.3. The van der Waals surface area contributed by atoms with E-state index in [1.165, 1.54) is 89.9 Å². The maximum atomic E-state index is 11.8. The van der Waals surface area contributed by atoms with Crippen LogP contribution in [0.3, 0.4) is 0 Å². The van der Waals surface area contributed by atoms with Crippen molar-refractivity contribution in [2.45, 2.75) is 128 Å². The fraction of sp³-hybridized carbons (Fsp3) is 0.917.